The van der Waals surface area contributed by atoms with Gasteiger partial charge in [0.2, 0.25) is 0 Å². The summed E-state index contributed by atoms with van der Waals surface area (Å²) in [5.74, 6) is 0. The van der Waals surface area contributed by atoms with Gasteiger partial charge < -0.3 is 0 Å². The van der Waals surface area contributed by atoms with E-state index in [2.05, 4.69) is 53.7 Å². The van der Waals surface area contributed by atoms with Gasteiger partial charge in [-0.25, -0.2) is 0 Å². The summed E-state index contributed by atoms with van der Waals surface area (Å²) in [6.45, 7) is 14.4. The van der Waals surface area contributed by atoms with Crippen molar-refractivity contribution < 1.29 is 0 Å². The summed E-state index contributed by atoms with van der Waals surface area (Å²) in [4.78, 5) is 0. The second-order valence-corrected chi connectivity index (χ2v) is 38.5. The molecule has 0 spiro atoms. The molecule has 0 saturated heterocycles. The van der Waals surface area contributed by atoms with Crippen LogP contribution in [0.1, 0.15) is 119 Å². The van der Waals surface area contributed by atoms with Crippen LogP contribution in [0.4, 0.5) is 0 Å². The zero-order chi connectivity index (χ0) is 22.6. The van der Waals surface area contributed by atoms with Crippen molar-refractivity contribution in [2.75, 3.05) is 0 Å². The van der Waals surface area contributed by atoms with Crippen LogP contribution in [0.15, 0.2) is 12.2 Å². The van der Waals surface area contributed by atoms with Gasteiger partial charge in [-0.05, 0) is 0 Å². The molecule has 0 aliphatic rings. The molecule has 0 unspecified atom stereocenters. The zero-order valence-electron chi connectivity index (χ0n) is 22.3. The zero-order valence-corrected chi connectivity index (χ0v) is 28.0. The summed E-state index contributed by atoms with van der Waals surface area (Å²) in [5.41, 5.74) is 0. The Kier molecular flexibility index (Phi) is 21.8. The van der Waals surface area contributed by atoms with E-state index in [4.69, 9.17) is 0 Å². The van der Waals surface area contributed by atoms with Crippen LogP contribution in [0.25, 0.3) is 0 Å². The Balaban J connectivity index is 5.27. The fourth-order valence-electron chi connectivity index (χ4n) is 5.34. The molecule has 0 aromatic carbocycles. The van der Waals surface area contributed by atoms with Crippen LogP contribution in [0, 0.1) is 0 Å². The molecule has 0 nitrogen and oxygen atoms in total. The number of unbranched alkanes of at least 4 members (excludes halogenated alkanes) is 6. The predicted octanol–water partition coefficient (Wildman–Crippen LogP) is 11.2. The number of hydrogen-bond donors (Lipinski definition) is 0. The molecule has 0 heterocycles. The first-order valence-electron chi connectivity index (χ1n) is 14.2. The minimum absolute atomic E-state index is 1.41. The molecule has 0 rings (SSSR count). The Morgan fingerprint density at radius 1 is 0.367 bits per heavy atom. The SMILES string of the molecule is CCC[CH2][Sn]([CH2]/C=C/[CH2][Sn]([CH2]CCC)([CH2]CCC)[CH2]CCC)([CH2]CCC)[CH2]CCC. The van der Waals surface area contributed by atoms with Crippen LogP contribution >= 0.6 is 0 Å². The van der Waals surface area contributed by atoms with Crippen LogP contribution in [-0.2, 0) is 0 Å². The monoisotopic (exact) mass is 636 g/mol. The second-order valence-electron chi connectivity index (χ2n) is 10.5. The minimum atomic E-state index is -1.96. The summed E-state index contributed by atoms with van der Waals surface area (Å²) in [7, 11) is 0. The summed E-state index contributed by atoms with van der Waals surface area (Å²) >= 11 is -3.93. The molecular formula is C28H60Sn2. The standard InChI is InChI=1S/6C4H9.C4H6.2Sn/c7*1-3-4-2;;/h6*1,3-4H2,2H3;3-4H,1-2H2;;/b;;;;;;4-3+;;. The molecule has 30 heavy (non-hydrogen) atoms. The van der Waals surface area contributed by atoms with Crippen molar-refractivity contribution in [1.82, 2.24) is 0 Å². The van der Waals surface area contributed by atoms with Crippen molar-refractivity contribution in [3.63, 3.8) is 0 Å². The van der Waals surface area contributed by atoms with Gasteiger partial charge in [-0.1, -0.05) is 0 Å². The maximum absolute atomic E-state index is 2.78. The van der Waals surface area contributed by atoms with Crippen molar-refractivity contribution in [2.45, 2.75) is 154 Å². The normalized spacial score (nSPS) is 12.9. The van der Waals surface area contributed by atoms with Gasteiger partial charge in [0.25, 0.3) is 0 Å². The Bertz CT molecular complexity index is 309. The number of hydrogen-bond acceptors (Lipinski definition) is 0. The Hall–Kier alpha value is 1.34. The van der Waals surface area contributed by atoms with Gasteiger partial charge >= 0.3 is 203 Å². The van der Waals surface area contributed by atoms with Crippen molar-refractivity contribution in [3.8, 4) is 0 Å². The average molecular weight is 634 g/mol. The van der Waals surface area contributed by atoms with Crippen LogP contribution in [0.3, 0.4) is 0 Å². The van der Waals surface area contributed by atoms with E-state index >= 15 is 0 Å². The molecule has 0 aromatic rings. The molecule has 0 aromatic heterocycles. The van der Waals surface area contributed by atoms with Crippen molar-refractivity contribution in [3.05, 3.63) is 12.2 Å². The topological polar surface area (TPSA) is 0 Å². The van der Waals surface area contributed by atoms with Crippen LogP contribution in [-0.4, -0.2) is 36.8 Å². The van der Waals surface area contributed by atoms with E-state index in [1.165, 1.54) is 77.0 Å². The third-order valence-electron chi connectivity index (χ3n) is 7.63. The Morgan fingerprint density at radius 3 is 0.733 bits per heavy atom. The Morgan fingerprint density at radius 2 is 0.567 bits per heavy atom. The molecule has 0 radical (unpaired) electrons. The first-order chi connectivity index (χ1) is 14.6. The third-order valence-corrected chi connectivity index (χ3v) is 38.1. The van der Waals surface area contributed by atoms with Gasteiger partial charge in [0.15, 0.2) is 0 Å². The van der Waals surface area contributed by atoms with E-state index in [1.807, 2.05) is 0 Å². The molecule has 0 aliphatic heterocycles. The van der Waals surface area contributed by atoms with Gasteiger partial charge in [-0.3, -0.25) is 0 Å². The Labute approximate surface area is 201 Å². The molecule has 0 amide bonds. The van der Waals surface area contributed by atoms with Crippen molar-refractivity contribution in [2.24, 2.45) is 0 Å². The summed E-state index contributed by atoms with van der Waals surface area (Å²) in [6, 6.07) is 0. The van der Waals surface area contributed by atoms with Crippen LogP contribution in [0.5, 0.6) is 0 Å². The molecular weight excluding hydrogens is 574 g/mol. The second kappa shape index (κ2) is 20.9. The van der Waals surface area contributed by atoms with E-state index < -0.39 is 36.8 Å². The molecule has 0 atom stereocenters. The van der Waals surface area contributed by atoms with E-state index in [9.17, 15) is 0 Å². The number of rotatable bonds is 22. The molecule has 180 valence electrons. The molecule has 0 fully saturated rings. The first-order valence-corrected chi connectivity index (χ1v) is 30.4. The van der Waals surface area contributed by atoms with Crippen molar-refractivity contribution in [1.29, 1.82) is 0 Å². The first kappa shape index (κ1) is 31.3. The van der Waals surface area contributed by atoms with Gasteiger partial charge in [0.05, 0.1) is 0 Å². The van der Waals surface area contributed by atoms with Crippen LogP contribution in [0.2, 0.25) is 35.5 Å². The summed E-state index contributed by atoms with van der Waals surface area (Å²) < 4.78 is 13.2. The predicted molar refractivity (Wildman–Crippen MR) is 149 cm³/mol. The fraction of sp³-hybridized carbons (Fsp3) is 0.929. The molecule has 0 bridgehead atoms. The number of allylic oxidation sites excluding steroid dienone is 2. The van der Waals surface area contributed by atoms with E-state index in [0.717, 1.165) is 0 Å². The van der Waals surface area contributed by atoms with Gasteiger partial charge in [0, 0.05) is 0 Å². The summed E-state index contributed by atoms with van der Waals surface area (Å²) in [5, 5.41) is 0. The molecule has 2 heteroatoms. The average Bonchev–Trinajstić information content (AvgIpc) is 2.77. The molecule has 0 N–H and O–H groups in total. The quantitative estimate of drug-likeness (QED) is 0.0822. The van der Waals surface area contributed by atoms with E-state index in [0.29, 0.717) is 0 Å². The van der Waals surface area contributed by atoms with E-state index in [1.54, 1.807) is 35.5 Å². The van der Waals surface area contributed by atoms with Crippen LogP contribution < -0.4 is 0 Å². The van der Waals surface area contributed by atoms with Crippen molar-refractivity contribution >= 4 is 36.8 Å². The molecule has 0 saturated carbocycles. The third kappa shape index (κ3) is 14.5. The summed E-state index contributed by atoms with van der Waals surface area (Å²) in [6.07, 6.45) is 23.1. The van der Waals surface area contributed by atoms with Gasteiger partial charge in [0.1, 0.15) is 0 Å². The van der Waals surface area contributed by atoms with E-state index in [-0.39, 0.29) is 0 Å². The fourth-order valence-corrected chi connectivity index (χ4v) is 35.8. The molecule has 0 aliphatic carbocycles. The van der Waals surface area contributed by atoms with Gasteiger partial charge in [-0.2, -0.15) is 0 Å². The maximum atomic E-state index is 2.78. The van der Waals surface area contributed by atoms with Gasteiger partial charge in [-0.15, -0.1) is 0 Å².